The van der Waals surface area contributed by atoms with Crippen molar-refractivity contribution in [1.29, 1.82) is 0 Å². The fourth-order valence-corrected chi connectivity index (χ4v) is 2.88. The molecule has 2 heterocycles. The molecule has 0 saturated heterocycles. The van der Waals surface area contributed by atoms with E-state index in [0.717, 1.165) is 25.7 Å². The van der Waals surface area contributed by atoms with E-state index in [9.17, 15) is 9.90 Å². The van der Waals surface area contributed by atoms with E-state index in [1.807, 2.05) is 0 Å². The topological polar surface area (TPSA) is 92.1 Å². The van der Waals surface area contributed by atoms with Crippen LogP contribution >= 0.6 is 11.6 Å². The van der Waals surface area contributed by atoms with E-state index in [2.05, 4.69) is 20.7 Å². The molecule has 0 unspecified atom stereocenters. The number of halogens is 1. The Morgan fingerprint density at radius 2 is 2.17 bits per heavy atom. The molecule has 3 rings (SSSR count). The second kappa shape index (κ2) is 6.55. The molecule has 1 aliphatic rings. The van der Waals surface area contributed by atoms with E-state index in [4.69, 9.17) is 11.6 Å². The van der Waals surface area contributed by atoms with Crippen LogP contribution in [-0.2, 0) is 0 Å². The van der Waals surface area contributed by atoms with E-state index in [0.29, 0.717) is 16.7 Å². The van der Waals surface area contributed by atoms with Crippen molar-refractivity contribution in [2.24, 2.45) is 0 Å². The van der Waals surface area contributed by atoms with Crippen molar-refractivity contribution in [2.75, 3.05) is 11.9 Å². The lowest BCUT2D eigenvalue weighted by atomic mass is 10.0. The highest BCUT2D eigenvalue weighted by Gasteiger charge is 2.31. The van der Waals surface area contributed by atoms with Crippen molar-refractivity contribution in [2.45, 2.75) is 31.3 Å². The average Bonchev–Trinajstić information content (AvgIpc) is 3.16. The second-order valence-corrected chi connectivity index (χ2v) is 6.10. The zero-order valence-corrected chi connectivity index (χ0v) is 13.3. The molecule has 0 aromatic carbocycles. The summed E-state index contributed by atoms with van der Waals surface area (Å²) in [6, 6.07) is 4.70. The third kappa shape index (κ3) is 3.80. The summed E-state index contributed by atoms with van der Waals surface area (Å²) in [7, 11) is 0. The largest absolute Gasteiger partial charge is 0.388 e. The molecule has 0 radical (unpaired) electrons. The number of rotatable bonds is 4. The number of urea groups is 1. The van der Waals surface area contributed by atoms with Gasteiger partial charge in [-0.1, -0.05) is 24.4 Å². The molecular weight excluding hydrogens is 318 g/mol. The zero-order valence-electron chi connectivity index (χ0n) is 12.5. The van der Waals surface area contributed by atoms with Gasteiger partial charge in [0.05, 0.1) is 10.6 Å². The monoisotopic (exact) mass is 335 g/mol. The summed E-state index contributed by atoms with van der Waals surface area (Å²) in [6.07, 6.45) is 6.71. The van der Waals surface area contributed by atoms with E-state index in [1.165, 1.54) is 4.68 Å². The molecule has 122 valence electrons. The predicted molar refractivity (Wildman–Crippen MR) is 86.8 cm³/mol. The maximum atomic E-state index is 11.9. The Hall–Kier alpha value is -2.12. The van der Waals surface area contributed by atoms with Crippen LogP contribution in [0.25, 0.3) is 5.82 Å². The summed E-state index contributed by atoms with van der Waals surface area (Å²) in [5, 5.41) is 20.2. The number of anilines is 1. The molecule has 2 amide bonds. The number of carbonyl (C=O) groups is 1. The smallest absolute Gasteiger partial charge is 0.320 e. The number of aromatic nitrogens is 3. The third-order valence-electron chi connectivity index (χ3n) is 3.90. The minimum atomic E-state index is -0.780. The SMILES string of the molecule is O=C(NCC1(O)CCCC1)Nc1ccn(-c2ncccc2Cl)n1. The summed E-state index contributed by atoms with van der Waals surface area (Å²) in [6.45, 7) is 0.242. The minimum absolute atomic E-state index is 0.242. The van der Waals surface area contributed by atoms with Crippen molar-refractivity contribution in [3.05, 3.63) is 35.6 Å². The number of hydrogen-bond donors (Lipinski definition) is 3. The molecule has 0 aliphatic heterocycles. The Morgan fingerprint density at radius 1 is 1.39 bits per heavy atom. The van der Waals surface area contributed by atoms with Gasteiger partial charge in [-0.2, -0.15) is 0 Å². The number of amides is 2. The number of aliphatic hydroxyl groups is 1. The molecular formula is C15H18ClN5O2. The first-order chi connectivity index (χ1) is 11.1. The number of pyridine rings is 1. The standard InChI is InChI=1S/C15H18ClN5O2/c16-11-4-3-8-17-13(11)21-9-5-12(20-21)19-14(22)18-10-15(23)6-1-2-7-15/h3-5,8-9,23H,1-2,6-7,10H2,(H2,18,19,20,22). The Labute approximate surface area is 138 Å². The van der Waals surface area contributed by atoms with Gasteiger partial charge in [-0.05, 0) is 25.0 Å². The Bertz CT molecular complexity index is 697. The van der Waals surface area contributed by atoms with E-state index >= 15 is 0 Å². The van der Waals surface area contributed by atoms with Crippen LogP contribution in [0.3, 0.4) is 0 Å². The van der Waals surface area contributed by atoms with Gasteiger partial charge >= 0.3 is 6.03 Å². The van der Waals surface area contributed by atoms with Gasteiger partial charge in [0.25, 0.3) is 0 Å². The van der Waals surface area contributed by atoms with Crippen molar-refractivity contribution in [3.63, 3.8) is 0 Å². The summed E-state index contributed by atoms with van der Waals surface area (Å²) < 4.78 is 1.49. The first-order valence-corrected chi connectivity index (χ1v) is 7.87. The summed E-state index contributed by atoms with van der Waals surface area (Å²) in [4.78, 5) is 16.0. The molecule has 0 atom stereocenters. The lowest BCUT2D eigenvalue weighted by molar-refractivity contribution is 0.0506. The number of hydrogen-bond acceptors (Lipinski definition) is 4. The normalized spacial score (nSPS) is 16.3. The average molecular weight is 336 g/mol. The second-order valence-electron chi connectivity index (χ2n) is 5.69. The lowest BCUT2D eigenvalue weighted by Gasteiger charge is -2.22. The maximum absolute atomic E-state index is 11.9. The van der Waals surface area contributed by atoms with Gasteiger partial charge < -0.3 is 10.4 Å². The molecule has 0 spiro atoms. The number of carbonyl (C=O) groups excluding carboxylic acids is 1. The van der Waals surface area contributed by atoms with Crippen LogP contribution in [0.1, 0.15) is 25.7 Å². The molecule has 2 aromatic heterocycles. The first kappa shape index (κ1) is 15.8. The van der Waals surface area contributed by atoms with Gasteiger partial charge in [-0.15, -0.1) is 5.10 Å². The van der Waals surface area contributed by atoms with Crippen LogP contribution in [0, 0.1) is 0 Å². The van der Waals surface area contributed by atoms with Gasteiger partial charge in [0.2, 0.25) is 0 Å². The molecule has 1 saturated carbocycles. The quantitative estimate of drug-likeness (QED) is 0.799. The number of nitrogens with zero attached hydrogens (tertiary/aromatic N) is 3. The summed E-state index contributed by atoms with van der Waals surface area (Å²) >= 11 is 6.06. The van der Waals surface area contributed by atoms with Crippen molar-refractivity contribution >= 4 is 23.4 Å². The van der Waals surface area contributed by atoms with E-state index < -0.39 is 11.6 Å². The molecule has 0 bridgehead atoms. The highest BCUT2D eigenvalue weighted by Crippen LogP contribution is 2.28. The van der Waals surface area contributed by atoms with Crippen molar-refractivity contribution in [3.8, 4) is 5.82 Å². The van der Waals surface area contributed by atoms with Gasteiger partial charge in [-0.25, -0.2) is 14.5 Å². The fraction of sp³-hybridized carbons (Fsp3) is 0.400. The van der Waals surface area contributed by atoms with Crippen LogP contribution in [0.2, 0.25) is 5.02 Å². The Balaban J connectivity index is 1.58. The van der Waals surface area contributed by atoms with Crippen molar-refractivity contribution in [1.82, 2.24) is 20.1 Å². The Morgan fingerprint density at radius 3 is 2.91 bits per heavy atom. The van der Waals surface area contributed by atoms with Crippen LogP contribution in [-0.4, -0.2) is 38.0 Å². The van der Waals surface area contributed by atoms with Gasteiger partial charge in [0.1, 0.15) is 0 Å². The summed E-state index contributed by atoms with van der Waals surface area (Å²) in [5.74, 6) is 0.866. The predicted octanol–water partition coefficient (Wildman–Crippen LogP) is 2.35. The molecule has 8 heteroatoms. The zero-order chi connectivity index (χ0) is 16.3. The molecule has 23 heavy (non-hydrogen) atoms. The van der Waals surface area contributed by atoms with Gasteiger partial charge in [0.15, 0.2) is 11.6 Å². The Kier molecular flexibility index (Phi) is 4.49. The molecule has 1 aliphatic carbocycles. The number of nitrogens with one attached hydrogen (secondary N) is 2. The van der Waals surface area contributed by atoms with E-state index in [-0.39, 0.29) is 6.54 Å². The van der Waals surface area contributed by atoms with Crippen LogP contribution in [0.5, 0.6) is 0 Å². The maximum Gasteiger partial charge on any atom is 0.320 e. The molecule has 3 N–H and O–H groups in total. The van der Waals surface area contributed by atoms with Gasteiger partial charge in [-0.3, -0.25) is 5.32 Å². The van der Waals surface area contributed by atoms with E-state index in [1.54, 1.807) is 30.6 Å². The highest BCUT2D eigenvalue weighted by molar-refractivity contribution is 6.32. The molecule has 1 fully saturated rings. The highest BCUT2D eigenvalue weighted by atomic mass is 35.5. The van der Waals surface area contributed by atoms with Crippen LogP contribution < -0.4 is 10.6 Å². The fourth-order valence-electron chi connectivity index (χ4n) is 2.67. The third-order valence-corrected chi connectivity index (χ3v) is 4.19. The molecule has 7 nitrogen and oxygen atoms in total. The van der Waals surface area contributed by atoms with Crippen molar-refractivity contribution < 1.29 is 9.90 Å². The van der Waals surface area contributed by atoms with Crippen LogP contribution in [0.15, 0.2) is 30.6 Å². The first-order valence-electron chi connectivity index (χ1n) is 7.50. The molecule has 2 aromatic rings. The van der Waals surface area contributed by atoms with Gasteiger partial charge in [0, 0.05) is 25.0 Å². The minimum Gasteiger partial charge on any atom is -0.388 e. The summed E-state index contributed by atoms with van der Waals surface area (Å²) in [5.41, 5.74) is -0.780. The van der Waals surface area contributed by atoms with Crippen LogP contribution in [0.4, 0.5) is 10.6 Å². The lowest BCUT2D eigenvalue weighted by Crippen LogP contribution is -2.42.